The average molecular weight is 561 g/mol. The molecule has 1 fully saturated rings. The number of nitrogens with two attached hydrogens (primary N) is 1. The summed E-state index contributed by atoms with van der Waals surface area (Å²) >= 11 is 13.5. The normalized spacial score (nSPS) is 13.8. The number of rotatable bonds is 7. The van der Waals surface area contributed by atoms with Gasteiger partial charge in [0, 0.05) is 37.6 Å². The summed E-state index contributed by atoms with van der Waals surface area (Å²) < 4.78 is 18.8. The fourth-order valence-corrected chi connectivity index (χ4v) is 5.49. The Hall–Kier alpha value is -3.21. The number of nitrogen functional groups attached to an aromatic ring is 1. The fraction of sp³-hybridized carbons (Fsp3) is 0.280. The van der Waals surface area contributed by atoms with Gasteiger partial charge in [0.25, 0.3) is 5.91 Å². The van der Waals surface area contributed by atoms with Crippen molar-refractivity contribution in [3.8, 4) is 5.75 Å². The number of benzene rings is 2. The van der Waals surface area contributed by atoms with Crippen molar-refractivity contribution in [2.45, 2.75) is 12.8 Å². The largest absolute Gasteiger partial charge is 0.482 e. The van der Waals surface area contributed by atoms with Gasteiger partial charge in [-0.1, -0.05) is 46.7 Å². The average Bonchev–Trinajstić information content (AvgIpc) is 3.30. The van der Waals surface area contributed by atoms with Crippen LogP contribution in [0.5, 0.6) is 5.75 Å². The molecule has 12 heteroatoms. The maximum Gasteiger partial charge on any atom is 0.260 e. The second-order valence-corrected chi connectivity index (χ2v) is 10.4. The Labute approximate surface area is 226 Å². The predicted octanol–water partition coefficient (Wildman–Crippen LogP) is 4.63. The van der Waals surface area contributed by atoms with Gasteiger partial charge in [-0.3, -0.25) is 4.79 Å². The molecule has 2 N–H and O–H groups in total. The van der Waals surface area contributed by atoms with Crippen molar-refractivity contribution in [1.29, 1.82) is 0 Å². The Balaban J connectivity index is 1.22. The summed E-state index contributed by atoms with van der Waals surface area (Å²) in [6.07, 6.45) is 1.44. The van der Waals surface area contributed by atoms with E-state index in [4.69, 9.17) is 38.7 Å². The molecule has 4 aromatic rings. The van der Waals surface area contributed by atoms with Crippen LogP contribution in [0.25, 0.3) is 10.3 Å². The zero-order valence-electron chi connectivity index (χ0n) is 19.7. The van der Waals surface area contributed by atoms with Gasteiger partial charge >= 0.3 is 0 Å². The van der Waals surface area contributed by atoms with Crippen LogP contribution in [0.3, 0.4) is 0 Å². The first-order valence-electron chi connectivity index (χ1n) is 11.6. The third-order valence-electron chi connectivity index (χ3n) is 6.02. The van der Waals surface area contributed by atoms with Crippen LogP contribution in [-0.2, 0) is 17.6 Å². The van der Waals surface area contributed by atoms with Crippen LogP contribution in [0.1, 0.15) is 10.6 Å². The van der Waals surface area contributed by atoms with Crippen molar-refractivity contribution in [3.63, 3.8) is 0 Å². The van der Waals surface area contributed by atoms with E-state index in [1.807, 2.05) is 0 Å². The van der Waals surface area contributed by atoms with Gasteiger partial charge in [0.05, 0.1) is 10.0 Å². The molecule has 192 valence electrons. The van der Waals surface area contributed by atoms with Gasteiger partial charge in [-0.2, -0.15) is 4.98 Å². The number of fused-ring (bicyclic) bond motifs is 1. The van der Waals surface area contributed by atoms with Crippen LogP contribution in [0.15, 0.2) is 42.5 Å². The van der Waals surface area contributed by atoms with E-state index in [9.17, 15) is 9.18 Å². The number of thiazole rings is 1. The van der Waals surface area contributed by atoms with Crippen LogP contribution in [0.2, 0.25) is 10.0 Å². The summed E-state index contributed by atoms with van der Waals surface area (Å²) in [5, 5.41) is 1.77. The molecule has 0 saturated carbocycles. The van der Waals surface area contributed by atoms with E-state index in [0.29, 0.717) is 59.7 Å². The number of carbonyl (C=O) groups excluding carboxylic acids is 1. The standard InChI is InChI=1S/C25H23Cl2FN6O2S/c26-16-4-7-19(18(27)13-16)36-14-21(35)33-9-11-34(12-10-33)23-22-24(32-25(29)31-23)37-20(30-22)8-3-15-1-5-17(28)6-2-15/h1-2,4-7,13H,3,8-12,14H2,(H2,29,31,32). The lowest BCUT2D eigenvalue weighted by Gasteiger charge is -2.35. The van der Waals surface area contributed by atoms with Crippen molar-refractivity contribution in [2.24, 2.45) is 0 Å². The van der Waals surface area contributed by atoms with Crippen LogP contribution in [-0.4, -0.2) is 58.5 Å². The molecule has 1 aliphatic rings. The minimum Gasteiger partial charge on any atom is -0.482 e. The van der Waals surface area contributed by atoms with E-state index >= 15 is 0 Å². The van der Waals surface area contributed by atoms with Gasteiger partial charge < -0.3 is 20.3 Å². The highest BCUT2D eigenvalue weighted by molar-refractivity contribution is 7.18. The molecule has 3 heterocycles. The summed E-state index contributed by atoms with van der Waals surface area (Å²) in [6.45, 7) is 2.03. The number of anilines is 2. The number of amides is 1. The smallest absolute Gasteiger partial charge is 0.260 e. The quantitative estimate of drug-likeness (QED) is 0.352. The molecule has 37 heavy (non-hydrogen) atoms. The number of hydrogen-bond donors (Lipinski definition) is 1. The summed E-state index contributed by atoms with van der Waals surface area (Å²) in [5.41, 5.74) is 7.75. The number of carbonyl (C=O) groups is 1. The number of aromatic nitrogens is 3. The molecular formula is C25H23Cl2FN6O2S. The lowest BCUT2D eigenvalue weighted by molar-refractivity contribution is -0.133. The van der Waals surface area contributed by atoms with Crippen LogP contribution < -0.4 is 15.4 Å². The fourth-order valence-electron chi connectivity index (χ4n) is 4.09. The first-order chi connectivity index (χ1) is 17.9. The van der Waals surface area contributed by atoms with Gasteiger partial charge in [-0.15, -0.1) is 0 Å². The number of nitrogens with zero attached hydrogens (tertiary/aromatic N) is 5. The number of piperazine rings is 1. The van der Waals surface area contributed by atoms with Gasteiger partial charge in [0.15, 0.2) is 17.3 Å². The summed E-state index contributed by atoms with van der Waals surface area (Å²) in [5.74, 6) is 0.885. The highest BCUT2D eigenvalue weighted by atomic mass is 35.5. The van der Waals surface area contributed by atoms with E-state index < -0.39 is 0 Å². The van der Waals surface area contributed by atoms with Crippen molar-refractivity contribution < 1.29 is 13.9 Å². The molecule has 2 aromatic carbocycles. The predicted molar refractivity (Wildman–Crippen MR) is 144 cm³/mol. The highest BCUT2D eigenvalue weighted by Gasteiger charge is 2.25. The molecule has 0 spiro atoms. The summed E-state index contributed by atoms with van der Waals surface area (Å²) in [6, 6.07) is 11.4. The highest BCUT2D eigenvalue weighted by Crippen LogP contribution is 2.30. The first kappa shape index (κ1) is 25.4. The maximum absolute atomic E-state index is 13.2. The molecule has 1 amide bonds. The number of ether oxygens (including phenoxy) is 1. The Morgan fingerprint density at radius 2 is 1.78 bits per heavy atom. The Morgan fingerprint density at radius 3 is 2.51 bits per heavy atom. The molecule has 0 aliphatic carbocycles. The zero-order chi connectivity index (χ0) is 25.9. The monoisotopic (exact) mass is 560 g/mol. The minimum atomic E-state index is -0.251. The Bertz CT molecular complexity index is 1430. The number of halogens is 3. The maximum atomic E-state index is 13.2. The van der Waals surface area contributed by atoms with Gasteiger partial charge in [-0.05, 0) is 42.3 Å². The molecule has 0 unspecified atom stereocenters. The van der Waals surface area contributed by atoms with Gasteiger partial charge in [0.1, 0.15) is 17.1 Å². The van der Waals surface area contributed by atoms with Crippen molar-refractivity contribution in [2.75, 3.05) is 43.4 Å². The van der Waals surface area contributed by atoms with Crippen LogP contribution in [0, 0.1) is 5.82 Å². The SMILES string of the molecule is Nc1nc(N2CCN(C(=O)COc3ccc(Cl)cc3Cl)CC2)c2nc(CCc3ccc(F)cc3)sc2n1. The minimum absolute atomic E-state index is 0.116. The first-order valence-corrected chi connectivity index (χ1v) is 13.2. The van der Waals surface area contributed by atoms with E-state index in [0.717, 1.165) is 21.8 Å². The molecule has 0 radical (unpaired) electrons. The van der Waals surface area contributed by atoms with Crippen molar-refractivity contribution >= 4 is 62.6 Å². The second kappa shape index (κ2) is 11.0. The van der Waals surface area contributed by atoms with Crippen LogP contribution >= 0.6 is 34.5 Å². The second-order valence-electron chi connectivity index (χ2n) is 8.52. The summed E-state index contributed by atoms with van der Waals surface area (Å²) in [4.78, 5) is 30.9. The van der Waals surface area contributed by atoms with E-state index in [2.05, 4.69) is 14.9 Å². The molecule has 0 atom stereocenters. The third kappa shape index (κ3) is 6.03. The molecule has 1 saturated heterocycles. The molecular weight excluding hydrogens is 538 g/mol. The molecule has 2 aromatic heterocycles. The van der Waals surface area contributed by atoms with Gasteiger partial charge in [-0.25, -0.2) is 14.4 Å². The zero-order valence-corrected chi connectivity index (χ0v) is 22.0. The van der Waals surface area contributed by atoms with Crippen molar-refractivity contribution in [3.05, 3.63) is 68.9 Å². The van der Waals surface area contributed by atoms with E-state index in [1.54, 1.807) is 35.2 Å². The number of aryl methyl sites for hydroxylation is 2. The van der Waals surface area contributed by atoms with Crippen LogP contribution in [0.4, 0.5) is 16.2 Å². The number of hydrogen-bond acceptors (Lipinski definition) is 8. The Kier molecular flexibility index (Phi) is 7.59. The summed E-state index contributed by atoms with van der Waals surface area (Å²) in [7, 11) is 0. The lowest BCUT2D eigenvalue weighted by atomic mass is 10.1. The molecule has 1 aliphatic heterocycles. The third-order valence-corrected chi connectivity index (χ3v) is 7.56. The molecule has 8 nitrogen and oxygen atoms in total. The van der Waals surface area contributed by atoms with Crippen molar-refractivity contribution in [1.82, 2.24) is 19.9 Å². The topological polar surface area (TPSA) is 97.5 Å². The van der Waals surface area contributed by atoms with Gasteiger partial charge in [0.2, 0.25) is 5.95 Å². The molecule has 0 bridgehead atoms. The van der Waals surface area contributed by atoms with E-state index in [1.165, 1.54) is 23.5 Å². The lowest BCUT2D eigenvalue weighted by Crippen LogP contribution is -2.50. The molecule has 5 rings (SSSR count). The Morgan fingerprint density at radius 1 is 1.03 bits per heavy atom. The van der Waals surface area contributed by atoms with E-state index in [-0.39, 0.29) is 24.3 Å².